The van der Waals surface area contributed by atoms with Gasteiger partial charge in [0, 0.05) is 38.9 Å². The van der Waals surface area contributed by atoms with Gasteiger partial charge in [0.2, 0.25) is 0 Å². The van der Waals surface area contributed by atoms with E-state index >= 15 is 0 Å². The molecule has 24 heavy (non-hydrogen) atoms. The van der Waals surface area contributed by atoms with E-state index in [1.54, 1.807) is 18.1 Å². The maximum absolute atomic E-state index is 4.60. The van der Waals surface area contributed by atoms with E-state index in [1.165, 1.54) is 11.3 Å². The van der Waals surface area contributed by atoms with Crippen LogP contribution >= 0.6 is 24.0 Å². The number of hydrogen-bond donors (Lipinski definition) is 2. The van der Waals surface area contributed by atoms with E-state index in [2.05, 4.69) is 44.7 Å². The lowest BCUT2D eigenvalue weighted by Crippen LogP contribution is -2.37. The molecule has 134 valence electrons. The van der Waals surface area contributed by atoms with Crippen molar-refractivity contribution in [2.75, 3.05) is 7.05 Å². The van der Waals surface area contributed by atoms with Gasteiger partial charge in [-0.2, -0.15) is 10.2 Å². The Morgan fingerprint density at radius 2 is 1.83 bits per heavy atom. The number of halogens is 1. The van der Waals surface area contributed by atoms with Gasteiger partial charge < -0.3 is 10.6 Å². The number of guanidine groups is 1. The molecule has 9 heteroatoms. The highest BCUT2D eigenvalue weighted by Gasteiger charge is 2.13. The molecule has 0 unspecified atom stereocenters. The fraction of sp³-hybridized carbons (Fsp3) is 0.600. The van der Waals surface area contributed by atoms with Crippen LogP contribution in [0.4, 0.5) is 0 Å². The van der Waals surface area contributed by atoms with Gasteiger partial charge in [-0.3, -0.25) is 14.4 Å². The summed E-state index contributed by atoms with van der Waals surface area (Å²) < 4.78 is 3.72. The maximum atomic E-state index is 4.60. The molecule has 0 saturated carbocycles. The second-order valence-corrected chi connectivity index (χ2v) is 5.28. The van der Waals surface area contributed by atoms with E-state index in [0.717, 1.165) is 30.3 Å². The zero-order valence-electron chi connectivity index (χ0n) is 15.0. The zero-order valence-corrected chi connectivity index (χ0v) is 17.3. The first-order valence-electron chi connectivity index (χ1n) is 7.91. The highest BCUT2D eigenvalue weighted by atomic mass is 127. The normalized spacial score (nSPS) is 11.3. The highest BCUT2D eigenvalue weighted by molar-refractivity contribution is 14.0. The number of hydrogen-bond acceptors (Lipinski definition) is 4. The molecule has 0 radical (unpaired) electrons. The molecule has 8 nitrogen and oxygen atoms in total. The van der Waals surface area contributed by atoms with E-state index in [-0.39, 0.29) is 24.0 Å². The van der Waals surface area contributed by atoms with Gasteiger partial charge in [-0.25, -0.2) is 4.98 Å². The molecular formula is C15H27IN8. The van der Waals surface area contributed by atoms with Crippen molar-refractivity contribution in [2.45, 2.75) is 39.8 Å². The number of nitrogens with one attached hydrogen (secondary N) is 2. The van der Waals surface area contributed by atoms with Crippen LogP contribution in [-0.2, 0) is 40.0 Å². The maximum Gasteiger partial charge on any atom is 0.191 e. The van der Waals surface area contributed by atoms with Crippen molar-refractivity contribution in [3.63, 3.8) is 0 Å². The van der Waals surface area contributed by atoms with E-state index in [9.17, 15) is 0 Å². The zero-order chi connectivity index (χ0) is 16.8. The second-order valence-electron chi connectivity index (χ2n) is 5.28. The van der Waals surface area contributed by atoms with Crippen molar-refractivity contribution < 1.29 is 0 Å². The van der Waals surface area contributed by atoms with Gasteiger partial charge >= 0.3 is 0 Å². The molecule has 2 aromatic rings. The SMILES string of the molecule is CCc1nn(C)c(CC)c1CNC(=NC)NCc1ncnn1C.I. The summed E-state index contributed by atoms with van der Waals surface area (Å²) in [7, 11) is 5.64. The number of aromatic nitrogens is 5. The summed E-state index contributed by atoms with van der Waals surface area (Å²) in [6.07, 6.45) is 3.44. The molecule has 2 heterocycles. The van der Waals surface area contributed by atoms with Crippen LogP contribution < -0.4 is 10.6 Å². The minimum absolute atomic E-state index is 0. The summed E-state index contributed by atoms with van der Waals surface area (Å²) in [5.41, 5.74) is 3.66. The Balaban J connectivity index is 0.00000288. The smallest absolute Gasteiger partial charge is 0.191 e. The predicted octanol–water partition coefficient (Wildman–Crippen LogP) is 1.16. The van der Waals surface area contributed by atoms with Gasteiger partial charge in [-0.1, -0.05) is 13.8 Å². The molecule has 0 bridgehead atoms. The summed E-state index contributed by atoms with van der Waals surface area (Å²) in [5.74, 6) is 1.60. The van der Waals surface area contributed by atoms with Crippen LogP contribution in [0.5, 0.6) is 0 Å². The first kappa shape index (κ1) is 20.4. The first-order chi connectivity index (χ1) is 11.1. The minimum Gasteiger partial charge on any atom is -0.352 e. The van der Waals surface area contributed by atoms with Crippen molar-refractivity contribution in [1.29, 1.82) is 0 Å². The first-order valence-corrected chi connectivity index (χ1v) is 7.91. The number of nitrogens with zero attached hydrogens (tertiary/aromatic N) is 6. The lowest BCUT2D eigenvalue weighted by atomic mass is 10.1. The molecule has 0 atom stereocenters. The molecule has 0 aliphatic rings. The van der Waals surface area contributed by atoms with Crippen LogP contribution in [0.25, 0.3) is 0 Å². The lowest BCUT2D eigenvalue weighted by Gasteiger charge is -2.12. The van der Waals surface area contributed by atoms with Crippen LogP contribution in [0.3, 0.4) is 0 Å². The number of aliphatic imine (C=N–C) groups is 1. The third-order valence-corrected chi connectivity index (χ3v) is 3.90. The third kappa shape index (κ3) is 4.68. The molecule has 0 saturated heterocycles. The average molecular weight is 446 g/mol. The van der Waals surface area contributed by atoms with Crippen molar-refractivity contribution in [1.82, 2.24) is 35.2 Å². The summed E-state index contributed by atoms with van der Waals surface area (Å²) in [4.78, 5) is 8.45. The quantitative estimate of drug-likeness (QED) is 0.395. The fourth-order valence-corrected chi connectivity index (χ4v) is 2.63. The molecule has 0 aliphatic heterocycles. The van der Waals surface area contributed by atoms with Crippen molar-refractivity contribution in [2.24, 2.45) is 19.1 Å². The van der Waals surface area contributed by atoms with E-state index in [4.69, 9.17) is 0 Å². The molecular weight excluding hydrogens is 419 g/mol. The van der Waals surface area contributed by atoms with Crippen molar-refractivity contribution in [3.05, 3.63) is 29.1 Å². The van der Waals surface area contributed by atoms with Crippen LogP contribution in [0, 0.1) is 0 Å². The van der Waals surface area contributed by atoms with Gasteiger partial charge in [0.05, 0.1) is 12.2 Å². The Bertz CT molecular complexity index is 673. The minimum atomic E-state index is 0. The standard InChI is InChI=1S/C15H26N8.HI/c1-6-12-11(13(7-2)22(4)21-12)8-17-15(16-3)18-9-14-19-10-20-23(14)5;/h10H,6-9H2,1-5H3,(H2,16,17,18);1H. The summed E-state index contributed by atoms with van der Waals surface area (Å²) in [6, 6.07) is 0. The monoisotopic (exact) mass is 446 g/mol. The van der Waals surface area contributed by atoms with Crippen LogP contribution in [0.1, 0.15) is 36.6 Å². The van der Waals surface area contributed by atoms with Gasteiger partial charge in [-0.15, -0.1) is 24.0 Å². The number of aryl methyl sites for hydroxylation is 3. The summed E-state index contributed by atoms with van der Waals surface area (Å²) in [5, 5.41) is 15.3. The Kier molecular flexibility index (Phi) is 8.16. The van der Waals surface area contributed by atoms with Gasteiger partial charge in [-0.05, 0) is 12.8 Å². The molecule has 0 aromatic carbocycles. The second kappa shape index (κ2) is 9.60. The van der Waals surface area contributed by atoms with Crippen LogP contribution in [0.15, 0.2) is 11.3 Å². The van der Waals surface area contributed by atoms with Crippen LogP contribution in [0.2, 0.25) is 0 Å². The largest absolute Gasteiger partial charge is 0.352 e. The Hall–Kier alpha value is -1.65. The Morgan fingerprint density at radius 1 is 1.12 bits per heavy atom. The van der Waals surface area contributed by atoms with E-state index in [0.29, 0.717) is 13.1 Å². The van der Waals surface area contributed by atoms with E-state index in [1.807, 2.05) is 18.8 Å². The van der Waals surface area contributed by atoms with Crippen molar-refractivity contribution >= 4 is 29.9 Å². The highest BCUT2D eigenvalue weighted by Crippen LogP contribution is 2.15. The van der Waals surface area contributed by atoms with Crippen molar-refractivity contribution in [3.8, 4) is 0 Å². The van der Waals surface area contributed by atoms with Gasteiger partial charge in [0.15, 0.2) is 5.96 Å². The summed E-state index contributed by atoms with van der Waals surface area (Å²) >= 11 is 0. The molecule has 0 fully saturated rings. The Labute approximate surface area is 160 Å². The predicted molar refractivity (Wildman–Crippen MR) is 105 cm³/mol. The van der Waals surface area contributed by atoms with Gasteiger partial charge in [0.25, 0.3) is 0 Å². The van der Waals surface area contributed by atoms with Gasteiger partial charge in [0.1, 0.15) is 12.2 Å². The molecule has 0 amide bonds. The molecule has 2 rings (SSSR count). The molecule has 0 spiro atoms. The molecule has 2 N–H and O–H groups in total. The third-order valence-electron chi connectivity index (χ3n) is 3.90. The molecule has 2 aromatic heterocycles. The average Bonchev–Trinajstić information content (AvgIpc) is 3.10. The fourth-order valence-electron chi connectivity index (χ4n) is 2.63. The summed E-state index contributed by atoms with van der Waals surface area (Å²) in [6.45, 7) is 5.57. The topological polar surface area (TPSA) is 84.9 Å². The molecule has 0 aliphatic carbocycles. The van der Waals surface area contributed by atoms with Crippen LogP contribution in [-0.4, -0.2) is 37.6 Å². The number of rotatable bonds is 6. The Morgan fingerprint density at radius 3 is 2.38 bits per heavy atom. The van der Waals surface area contributed by atoms with E-state index < -0.39 is 0 Å². The lowest BCUT2D eigenvalue weighted by molar-refractivity contribution is 0.671.